The molecule has 22 heavy (non-hydrogen) atoms. The van der Waals surface area contributed by atoms with Crippen molar-refractivity contribution in [2.45, 2.75) is 6.54 Å². The monoisotopic (exact) mass is 313 g/mol. The molecule has 2 aromatic carbocycles. The first-order valence-electron chi connectivity index (χ1n) is 6.58. The lowest BCUT2D eigenvalue weighted by Crippen LogP contribution is -2.23. The van der Waals surface area contributed by atoms with Gasteiger partial charge in [0.1, 0.15) is 12.1 Å². The van der Waals surface area contributed by atoms with E-state index in [9.17, 15) is 4.79 Å². The minimum Gasteiger partial charge on any atom is -0.271 e. The lowest BCUT2D eigenvalue weighted by atomic mass is 10.2. The van der Waals surface area contributed by atoms with Crippen LogP contribution in [0, 0.1) is 0 Å². The molecule has 7 heteroatoms. The maximum absolute atomic E-state index is 11.9. The molecule has 0 aliphatic carbocycles. The molecule has 0 bridgehead atoms. The molecule has 0 atom stereocenters. The fraction of sp³-hybridized carbons (Fsp3) is 0.0667. The standard InChI is InChI=1S/C15H12ClN5O/c16-12-7-5-11(6-8-12)9-17-19-15(22)10-21-14-4-2-1-3-13(14)18-20-21/h1-9H,10H2,(H,19,22)/b17-9+. The Labute approximate surface area is 131 Å². The minimum atomic E-state index is -0.277. The molecule has 1 aromatic heterocycles. The molecule has 1 amide bonds. The average Bonchev–Trinajstić information content (AvgIpc) is 2.93. The molecule has 0 aliphatic heterocycles. The number of fused-ring (bicyclic) bond motifs is 1. The van der Waals surface area contributed by atoms with Gasteiger partial charge in [0.15, 0.2) is 0 Å². The minimum absolute atomic E-state index is 0.0540. The van der Waals surface area contributed by atoms with Crippen molar-refractivity contribution in [1.29, 1.82) is 0 Å². The van der Waals surface area contributed by atoms with Gasteiger partial charge in [-0.3, -0.25) is 4.79 Å². The number of carbonyl (C=O) groups is 1. The second-order valence-corrected chi connectivity index (χ2v) is 5.02. The molecule has 0 radical (unpaired) electrons. The van der Waals surface area contributed by atoms with Crippen molar-refractivity contribution < 1.29 is 4.79 Å². The van der Waals surface area contributed by atoms with E-state index in [2.05, 4.69) is 20.8 Å². The number of hydrogen-bond acceptors (Lipinski definition) is 4. The summed E-state index contributed by atoms with van der Waals surface area (Å²) in [7, 11) is 0. The molecule has 110 valence electrons. The number of halogens is 1. The number of rotatable bonds is 4. The molecule has 0 spiro atoms. The summed E-state index contributed by atoms with van der Waals surface area (Å²) in [6.07, 6.45) is 1.55. The van der Waals surface area contributed by atoms with Gasteiger partial charge in [0.05, 0.1) is 11.7 Å². The largest absolute Gasteiger partial charge is 0.271 e. The third kappa shape index (κ3) is 3.29. The van der Waals surface area contributed by atoms with E-state index >= 15 is 0 Å². The van der Waals surface area contributed by atoms with Crippen molar-refractivity contribution in [2.24, 2.45) is 5.10 Å². The number of hydrazone groups is 1. The molecule has 6 nitrogen and oxygen atoms in total. The molecule has 0 fully saturated rings. The molecule has 1 heterocycles. The summed E-state index contributed by atoms with van der Waals surface area (Å²) < 4.78 is 1.53. The van der Waals surface area contributed by atoms with Crippen LogP contribution in [0.15, 0.2) is 53.6 Å². The van der Waals surface area contributed by atoms with E-state index in [0.29, 0.717) is 5.02 Å². The van der Waals surface area contributed by atoms with Gasteiger partial charge in [0.25, 0.3) is 5.91 Å². The van der Waals surface area contributed by atoms with Gasteiger partial charge in [-0.05, 0) is 29.8 Å². The molecular formula is C15H12ClN5O. The van der Waals surface area contributed by atoms with Crippen LogP contribution in [-0.2, 0) is 11.3 Å². The second kappa shape index (κ2) is 6.36. The van der Waals surface area contributed by atoms with Crippen molar-refractivity contribution in [2.75, 3.05) is 0 Å². The van der Waals surface area contributed by atoms with Crippen LogP contribution < -0.4 is 5.43 Å². The highest BCUT2D eigenvalue weighted by molar-refractivity contribution is 6.30. The van der Waals surface area contributed by atoms with Gasteiger partial charge in [-0.2, -0.15) is 5.10 Å². The summed E-state index contributed by atoms with van der Waals surface area (Å²) in [5.74, 6) is -0.277. The number of nitrogens with one attached hydrogen (secondary N) is 1. The highest BCUT2D eigenvalue weighted by Gasteiger charge is 2.07. The highest BCUT2D eigenvalue weighted by atomic mass is 35.5. The second-order valence-electron chi connectivity index (χ2n) is 4.58. The van der Waals surface area contributed by atoms with Gasteiger partial charge in [-0.15, -0.1) is 5.10 Å². The van der Waals surface area contributed by atoms with Crippen molar-refractivity contribution in [3.63, 3.8) is 0 Å². The topological polar surface area (TPSA) is 72.2 Å². The fourth-order valence-electron chi connectivity index (χ4n) is 1.93. The Balaban J connectivity index is 1.62. The van der Waals surface area contributed by atoms with Crippen LogP contribution in [0.3, 0.4) is 0 Å². The zero-order valence-electron chi connectivity index (χ0n) is 11.5. The van der Waals surface area contributed by atoms with Gasteiger partial charge in [0, 0.05) is 5.02 Å². The maximum Gasteiger partial charge on any atom is 0.261 e. The normalized spacial score (nSPS) is 11.1. The van der Waals surface area contributed by atoms with Crippen molar-refractivity contribution in [3.05, 3.63) is 59.1 Å². The van der Waals surface area contributed by atoms with Gasteiger partial charge in [-0.1, -0.05) is 41.1 Å². The molecule has 0 saturated carbocycles. The predicted molar refractivity (Wildman–Crippen MR) is 84.7 cm³/mol. The number of benzene rings is 2. The zero-order chi connectivity index (χ0) is 15.4. The maximum atomic E-state index is 11.9. The fourth-order valence-corrected chi connectivity index (χ4v) is 2.06. The molecule has 1 N–H and O–H groups in total. The molecule has 3 rings (SSSR count). The van der Waals surface area contributed by atoms with Gasteiger partial charge in [0.2, 0.25) is 0 Å². The zero-order valence-corrected chi connectivity index (χ0v) is 12.2. The van der Waals surface area contributed by atoms with Crippen molar-refractivity contribution >= 4 is 34.8 Å². The van der Waals surface area contributed by atoms with Crippen LogP contribution in [0.5, 0.6) is 0 Å². The quantitative estimate of drug-likeness (QED) is 0.593. The first kappa shape index (κ1) is 14.2. The summed E-state index contributed by atoms with van der Waals surface area (Å²) in [6.45, 7) is 0.0540. The SMILES string of the molecule is O=C(Cn1nnc2ccccc21)N/N=C/c1ccc(Cl)cc1. The van der Waals surface area contributed by atoms with Crippen molar-refractivity contribution in [1.82, 2.24) is 20.4 Å². The number of hydrogen-bond donors (Lipinski definition) is 1. The van der Waals surface area contributed by atoms with E-state index in [-0.39, 0.29) is 12.5 Å². The van der Waals surface area contributed by atoms with Crippen LogP contribution >= 0.6 is 11.6 Å². The van der Waals surface area contributed by atoms with Crippen LogP contribution in [0.2, 0.25) is 5.02 Å². The summed E-state index contributed by atoms with van der Waals surface area (Å²) in [5.41, 5.74) is 4.86. The molecule has 0 aliphatic rings. The Morgan fingerprint density at radius 1 is 1.23 bits per heavy atom. The van der Waals surface area contributed by atoms with E-state index in [4.69, 9.17) is 11.6 Å². The van der Waals surface area contributed by atoms with E-state index in [1.807, 2.05) is 36.4 Å². The Morgan fingerprint density at radius 2 is 2.00 bits per heavy atom. The summed E-state index contributed by atoms with van der Waals surface area (Å²) in [6, 6.07) is 14.6. The van der Waals surface area contributed by atoms with Crippen LogP contribution in [0.1, 0.15) is 5.56 Å². The Hall–Kier alpha value is -2.73. The number of para-hydroxylation sites is 1. The highest BCUT2D eigenvalue weighted by Crippen LogP contribution is 2.09. The number of carbonyl (C=O) groups excluding carboxylic acids is 1. The van der Waals surface area contributed by atoms with Gasteiger partial charge in [-0.25, -0.2) is 10.1 Å². The Bertz CT molecular complexity index is 825. The smallest absolute Gasteiger partial charge is 0.261 e. The van der Waals surface area contributed by atoms with E-state index in [1.165, 1.54) is 4.68 Å². The predicted octanol–water partition coefficient (Wildman–Crippen LogP) is 2.24. The molecule has 0 unspecified atom stereocenters. The number of amides is 1. The van der Waals surface area contributed by atoms with Crippen molar-refractivity contribution in [3.8, 4) is 0 Å². The van der Waals surface area contributed by atoms with Crippen LogP contribution in [0.4, 0.5) is 0 Å². The number of nitrogens with zero attached hydrogens (tertiary/aromatic N) is 4. The average molecular weight is 314 g/mol. The lowest BCUT2D eigenvalue weighted by Gasteiger charge is -2.01. The third-order valence-electron chi connectivity index (χ3n) is 2.99. The molecular weight excluding hydrogens is 302 g/mol. The van der Waals surface area contributed by atoms with Gasteiger partial charge < -0.3 is 0 Å². The Morgan fingerprint density at radius 3 is 2.82 bits per heavy atom. The summed E-state index contributed by atoms with van der Waals surface area (Å²) in [5, 5.41) is 12.5. The first-order valence-corrected chi connectivity index (χ1v) is 6.96. The van der Waals surface area contributed by atoms with E-state index in [1.54, 1.807) is 18.3 Å². The third-order valence-corrected chi connectivity index (χ3v) is 3.24. The molecule has 0 saturated heterocycles. The first-order chi connectivity index (χ1) is 10.7. The summed E-state index contributed by atoms with van der Waals surface area (Å²) in [4.78, 5) is 11.9. The van der Waals surface area contributed by atoms with E-state index in [0.717, 1.165) is 16.6 Å². The van der Waals surface area contributed by atoms with Crippen LogP contribution in [0.25, 0.3) is 11.0 Å². The van der Waals surface area contributed by atoms with Gasteiger partial charge >= 0.3 is 0 Å². The summed E-state index contributed by atoms with van der Waals surface area (Å²) >= 11 is 5.79. The Kier molecular flexibility index (Phi) is 4.11. The van der Waals surface area contributed by atoms with E-state index < -0.39 is 0 Å². The lowest BCUT2D eigenvalue weighted by molar-refractivity contribution is -0.121. The van der Waals surface area contributed by atoms with Crippen LogP contribution in [-0.4, -0.2) is 27.1 Å². The number of aromatic nitrogens is 3. The molecule has 3 aromatic rings.